The molecule has 0 aliphatic rings. The first kappa shape index (κ1) is 15.2. The molecule has 2 aromatic rings. The van der Waals surface area contributed by atoms with Gasteiger partial charge in [-0.3, -0.25) is 0 Å². The van der Waals surface area contributed by atoms with E-state index in [-0.39, 0.29) is 6.04 Å². The van der Waals surface area contributed by atoms with Gasteiger partial charge in [-0.1, -0.05) is 47.5 Å². The lowest BCUT2D eigenvalue weighted by molar-refractivity contribution is 0.340. The second-order valence-corrected chi connectivity index (χ2v) is 5.39. The summed E-state index contributed by atoms with van der Waals surface area (Å²) in [6.45, 7) is 4.40. The van der Waals surface area contributed by atoms with Gasteiger partial charge in [0.25, 0.3) is 0 Å². The van der Waals surface area contributed by atoms with E-state index in [1.165, 1.54) is 0 Å². The Morgan fingerprint density at radius 3 is 2.45 bits per heavy atom. The molecule has 1 atom stereocenters. The second kappa shape index (κ2) is 6.49. The van der Waals surface area contributed by atoms with Crippen molar-refractivity contribution in [3.8, 4) is 16.9 Å². The molecule has 0 aliphatic carbocycles. The lowest BCUT2D eigenvalue weighted by Crippen LogP contribution is -2.06. The van der Waals surface area contributed by atoms with Crippen molar-refractivity contribution in [3.05, 3.63) is 52.0 Å². The molecule has 2 rings (SSSR count). The fourth-order valence-corrected chi connectivity index (χ4v) is 2.61. The minimum Gasteiger partial charge on any atom is -0.492 e. The number of nitrogens with two attached hydrogens (primary N) is 1. The predicted molar refractivity (Wildman–Crippen MR) is 85.7 cm³/mol. The molecule has 2 nitrogen and oxygen atoms in total. The number of ether oxygens (including phenoxy) is 1. The second-order valence-electron chi connectivity index (χ2n) is 4.57. The average Bonchev–Trinajstić information content (AvgIpc) is 2.42. The highest BCUT2D eigenvalue weighted by molar-refractivity contribution is 6.36. The molecule has 106 valence electrons. The molecule has 0 aromatic heterocycles. The summed E-state index contributed by atoms with van der Waals surface area (Å²) in [4.78, 5) is 0. The van der Waals surface area contributed by atoms with E-state index in [0.29, 0.717) is 22.4 Å². The van der Waals surface area contributed by atoms with Crippen molar-refractivity contribution in [2.75, 3.05) is 6.61 Å². The Hall–Kier alpha value is -1.22. The zero-order valence-corrected chi connectivity index (χ0v) is 13.0. The van der Waals surface area contributed by atoms with Crippen LogP contribution in [-0.4, -0.2) is 6.61 Å². The highest BCUT2D eigenvalue weighted by atomic mass is 35.5. The van der Waals surface area contributed by atoms with Crippen LogP contribution in [0.3, 0.4) is 0 Å². The van der Waals surface area contributed by atoms with Gasteiger partial charge in [0.2, 0.25) is 0 Å². The SMILES string of the molecule is CCOc1cc(Cl)c(-c2ccccc2C(C)N)cc1Cl. The van der Waals surface area contributed by atoms with Crippen LogP contribution in [0.25, 0.3) is 11.1 Å². The summed E-state index contributed by atoms with van der Waals surface area (Å²) in [7, 11) is 0. The standard InChI is InChI=1S/C16H17Cl2NO/c1-3-20-16-9-14(17)13(8-15(16)18)12-7-5-4-6-11(12)10(2)19/h4-10H,3,19H2,1-2H3. The summed E-state index contributed by atoms with van der Waals surface area (Å²) in [5.41, 5.74) is 8.92. The van der Waals surface area contributed by atoms with E-state index in [2.05, 4.69) is 0 Å². The van der Waals surface area contributed by atoms with Gasteiger partial charge in [0.15, 0.2) is 0 Å². The topological polar surface area (TPSA) is 35.2 Å². The first-order valence-corrected chi connectivity index (χ1v) is 7.27. The van der Waals surface area contributed by atoms with E-state index in [0.717, 1.165) is 16.7 Å². The van der Waals surface area contributed by atoms with Gasteiger partial charge in [0.05, 0.1) is 16.7 Å². The van der Waals surface area contributed by atoms with Crippen LogP contribution in [0.15, 0.2) is 36.4 Å². The lowest BCUT2D eigenvalue weighted by Gasteiger charge is -2.15. The maximum atomic E-state index is 6.37. The van der Waals surface area contributed by atoms with E-state index >= 15 is 0 Å². The summed E-state index contributed by atoms with van der Waals surface area (Å²) >= 11 is 12.6. The average molecular weight is 310 g/mol. The predicted octanol–water partition coefficient (Wildman–Crippen LogP) is 5.08. The van der Waals surface area contributed by atoms with Crippen molar-refractivity contribution in [1.29, 1.82) is 0 Å². The fraction of sp³-hybridized carbons (Fsp3) is 0.250. The summed E-state index contributed by atoms with van der Waals surface area (Å²) in [6.07, 6.45) is 0. The first-order valence-electron chi connectivity index (χ1n) is 6.51. The largest absolute Gasteiger partial charge is 0.492 e. The van der Waals surface area contributed by atoms with Crippen molar-refractivity contribution in [1.82, 2.24) is 0 Å². The molecule has 0 fully saturated rings. The van der Waals surface area contributed by atoms with Gasteiger partial charge in [-0.2, -0.15) is 0 Å². The van der Waals surface area contributed by atoms with E-state index < -0.39 is 0 Å². The third-order valence-corrected chi connectivity index (χ3v) is 3.67. The molecule has 0 saturated carbocycles. The van der Waals surface area contributed by atoms with E-state index in [9.17, 15) is 0 Å². The Balaban J connectivity index is 2.56. The number of hydrogen-bond acceptors (Lipinski definition) is 2. The Bertz CT molecular complexity index is 611. The lowest BCUT2D eigenvalue weighted by atomic mass is 9.96. The first-order chi connectivity index (χ1) is 9.54. The molecule has 1 unspecified atom stereocenters. The van der Waals surface area contributed by atoms with Crippen LogP contribution in [0.4, 0.5) is 0 Å². The highest BCUT2D eigenvalue weighted by Gasteiger charge is 2.14. The van der Waals surface area contributed by atoms with Gasteiger partial charge in [0.1, 0.15) is 5.75 Å². The molecule has 4 heteroatoms. The van der Waals surface area contributed by atoms with E-state index in [1.54, 1.807) is 6.07 Å². The van der Waals surface area contributed by atoms with Crippen LogP contribution in [0.5, 0.6) is 5.75 Å². The highest BCUT2D eigenvalue weighted by Crippen LogP contribution is 2.39. The molecule has 0 saturated heterocycles. The van der Waals surface area contributed by atoms with Gasteiger partial charge in [-0.25, -0.2) is 0 Å². The van der Waals surface area contributed by atoms with Crippen LogP contribution in [0.2, 0.25) is 10.0 Å². The number of benzene rings is 2. The van der Waals surface area contributed by atoms with E-state index in [1.807, 2.05) is 44.2 Å². The van der Waals surface area contributed by atoms with Gasteiger partial charge in [-0.15, -0.1) is 0 Å². The van der Waals surface area contributed by atoms with Gasteiger partial charge in [0, 0.05) is 17.7 Å². The molecule has 0 bridgehead atoms. The zero-order chi connectivity index (χ0) is 14.7. The van der Waals surface area contributed by atoms with Gasteiger partial charge in [-0.05, 0) is 31.0 Å². The Labute approximate surface area is 129 Å². The Morgan fingerprint density at radius 1 is 1.10 bits per heavy atom. The van der Waals surface area contributed by atoms with Crippen molar-refractivity contribution in [3.63, 3.8) is 0 Å². The maximum absolute atomic E-state index is 6.37. The summed E-state index contributed by atoms with van der Waals surface area (Å²) in [6, 6.07) is 11.4. The molecule has 20 heavy (non-hydrogen) atoms. The summed E-state index contributed by atoms with van der Waals surface area (Å²) in [5, 5.41) is 1.15. The Kier molecular flexibility index (Phi) is 4.92. The molecule has 0 amide bonds. The minimum absolute atomic E-state index is 0.0763. The van der Waals surface area contributed by atoms with E-state index in [4.69, 9.17) is 33.7 Å². The monoisotopic (exact) mass is 309 g/mol. The van der Waals surface area contributed by atoms with Crippen LogP contribution in [0.1, 0.15) is 25.5 Å². The van der Waals surface area contributed by atoms with Gasteiger partial charge >= 0.3 is 0 Å². The fourth-order valence-electron chi connectivity index (χ4n) is 2.14. The number of halogens is 2. The molecular formula is C16H17Cl2NO. The molecule has 0 spiro atoms. The van der Waals surface area contributed by atoms with Crippen molar-refractivity contribution < 1.29 is 4.74 Å². The van der Waals surface area contributed by atoms with Crippen molar-refractivity contribution in [2.45, 2.75) is 19.9 Å². The van der Waals surface area contributed by atoms with Crippen molar-refractivity contribution in [2.24, 2.45) is 5.73 Å². The molecule has 0 radical (unpaired) electrons. The van der Waals surface area contributed by atoms with Crippen LogP contribution >= 0.6 is 23.2 Å². The third kappa shape index (κ3) is 3.09. The van der Waals surface area contributed by atoms with Crippen LogP contribution in [0, 0.1) is 0 Å². The molecule has 0 heterocycles. The smallest absolute Gasteiger partial charge is 0.139 e. The number of hydrogen-bond donors (Lipinski definition) is 1. The maximum Gasteiger partial charge on any atom is 0.139 e. The molecule has 2 aromatic carbocycles. The Morgan fingerprint density at radius 2 is 1.80 bits per heavy atom. The van der Waals surface area contributed by atoms with Crippen molar-refractivity contribution >= 4 is 23.2 Å². The van der Waals surface area contributed by atoms with Gasteiger partial charge < -0.3 is 10.5 Å². The summed E-state index contributed by atoms with van der Waals surface area (Å²) in [5.74, 6) is 0.598. The summed E-state index contributed by atoms with van der Waals surface area (Å²) < 4.78 is 5.44. The third-order valence-electron chi connectivity index (χ3n) is 3.06. The molecular weight excluding hydrogens is 293 g/mol. The normalized spacial score (nSPS) is 12.2. The zero-order valence-electron chi connectivity index (χ0n) is 11.5. The van der Waals surface area contributed by atoms with Crippen LogP contribution < -0.4 is 10.5 Å². The minimum atomic E-state index is -0.0763. The molecule has 0 aliphatic heterocycles. The molecule has 2 N–H and O–H groups in total. The quantitative estimate of drug-likeness (QED) is 0.855. The number of rotatable bonds is 4. The van der Waals surface area contributed by atoms with Crippen LogP contribution in [-0.2, 0) is 0 Å².